The van der Waals surface area contributed by atoms with E-state index in [9.17, 15) is 0 Å². The molecule has 0 aromatic heterocycles. The van der Waals surface area contributed by atoms with Crippen LogP contribution in [0.1, 0.15) is 0 Å². The molecule has 0 radical (unpaired) electrons. The van der Waals surface area contributed by atoms with Gasteiger partial charge in [-0.2, -0.15) is 0 Å². The summed E-state index contributed by atoms with van der Waals surface area (Å²) in [5, 5.41) is 0. The topological polar surface area (TPSA) is 78.1 Å². The summed E-state index contributed by atoms with van der Waals surface area (Å²) in [6.45, 7) is 36.0. The summed E-state index contributed by atoms with van der Waals surface area (Å²) in [6.07, 6.45) is 0. The monoisotopic (exact) mass is 247 g/mol. The lowest BCUT2D eigenvalue weighted by Gasteiger charge is -1.83. The maximum atomic E-state index is 4.73. The lowest BCUT2D eigenvalue weighted by atomic mass is 11.3. The van der Waals surface area contributed by atoms with E-state index in [2.05, 4.69) is 78.9 Å². The van der Waals surface area contributed by atoms with Crippen molar-refractivity contribution in [3.8, 4) is 0 Å². The molecule has 0 unspecified atom stereocenters. The summed E-state index contributed by atoms with van der Waals surface area (Å²) in [5.74, 6) is 0. The highest BCUT2D eigenvalue weighted by atomic mass is 31.1. The van der Waals surface area contributed by atoms with E-state index in [1.807, 2.05) is 0 Å². The van der Waals surface area contributed by atoms with Gasteiger partial charge in [0.15, 0.2) is 0 Å². The third-order valence-electron chi connectivity index (χ3n) is 0. The maximum Gasteiger partial charge on any atom is 0.103 e. The normalized spacial score (nSPS) is 3.75. The van der Waals surface area contributed by atoms with E-state index in [-0.39, 0.29) is 0 Å². The lowest BCUT2D eigenvalue weighted by molar-refractivity contribution is 1.69. The van der Waals surface area contributed by atoms with Crippen molar-refractivity contribution in [3.05, 3.63) is 78.9 Å². The van der Waals surface area contributed by atoms with Crippen molar-refractivity contribution < 1.29 is 0 Å². The highest BCUT2D eigenvalue weighted by Crippen LogP contribution is 1.89. The fraction of sp³-hybridized carbons (Fsp3) is 0. The molecular weight excluding hydrogens is 217 g/mol. The third kappa shape index (κ3) is 1130. The third-order valence-corrected chi connectivity index (χ3v) is 0. The average Bonchev–Trinajstić information content (AvgIpc) is 2.42. The van der Waals surface area contributed by atoms with Gasteiger partial charge in [0, 0.05) is 0 Å². The second kappa shape index (κ2) is 730. The molecule has 0 amide bonds. The molecule has 0 aliphatic rings. The van der Waals surface area contributed by atoms with Crippen molar-refractivity contribution in [2.24, 2.45) is 16.5 Å². The van der Waals surface area contributed by atoms with Crippen LogP contribution >= 0.6 is 8.37 Å². The van der Waals surface area contributed by atoms with Gasteiger partial charge >= 0.3 is 0 Å². The van der Waals surface area contributed by atoms with Crippen molar-refractivity contribution in [1.29, 1.82) is 0 Å². The highest BCUT2D eigenvalue weighted by Gasteiger charge is 1.65. The summed E-state index contributed by atoms with van der Waals surface area (Å²) in [7, 11) is -1.12. The lowest BCUT2D eigenvalue weighted by Crippen LogP contribution is -2.05. The van der Waals surface area contributed by atoms with Gasteiger partial charge in [0.2, 0.25) is 0 Å². The molecule has 0 saturated heterocycles. The molecule has 0 heterocycles. The Morgan fingerprint density at radius 3 is 0.375 bits per heavy atom. The molecule has 0 aliphatic heterocycles. The Labute approximate surface area is 104 Å². The summed E-state index contributed by atoms with van der Waals surface area (Å²) < 4.78 is 0. The Morgan fingerprint density at radius 1 is 0.375 bits per heavy atom. The van der Waals surface area contributed by atoms with E-state index in [0.29, 0.717) is 0 Å². The molecule has 6 N–H and O–H groups in total. The number of hydrogen-bond acceptors (Lipinski definition) is 3. The predicted octanol–water partition coefficient (Wildman–Crippen LogP) is 3.90. The van der Waals surface area contributed by atoms with Crippen molar-refractivity contribution in [2.45, 2.75) is 0 Å². The number of nitrogens with two attached hydrogens (primary N) is 3. The number of rotatable bonds is 0. The van der Waals surface area contributed by atoms with Crippen LogP contribution in [-0.2, 0) is 0 Å². The molecule has 0 fully saturated rings. The average molecular weight is 247 g/mol. The SMILES string of the molecule is C=C.C=C.C=C.C=C.C=C.C=C.NP(N)N. The zero-order valence-electron chi connectivity index (χ0n) is 10.7. The van der Waals surface area contributed by atoms with E-state index in [4.69, 9.17) is 16.5 Å². The summed E-state index contributed by atoms with van der Waals surface area (Å²) >= 11 is 0. The highest BCUT2D eigenvalue weighted by molar-refractivity contribution is 7.49. The molecule has 0 aliphatic carbocycles. The van der Waals surface area contributed by atoms with Crippen LogP contribution in [0.25, 0.3) is 0 Å². The number of hydrogen-bond donors (Lipinski definition) is 3. The van der Waals surface area contributed by atoms with E-state index in [1.165, 1.54) is 0 Å². The predicted molar refractivity (Wildman–Crippen MR) is 87.0 cm³/mol. The molecule has 0 bridgehead atoms. The molecule has 0 saturated carbocycles. The Balaban J connectivity index is -0.0000000122. The molecule has 3 nitrogen and oxygen atoms in total. The minimum Gasteiger partial charge on any atom is -0.285 e. The molecule has 16 heavy (non-hydrogen) atoms. The Hall–Kier alpha value is -1.25. The van der Waals surface area contributed by atoms with Gasteiger partial charge in [-0.25, -0.2) is 0 Å². The van der Waals surface area contributed by atoms with Crippen LogP contribution in [0.15, 0.2) is 78.9 Å². The van der Waals surface area contributed by atoms with Gasteiger partial charge in [0.1, 0.15) is 8.37 Å². The molecular formula is C12H30N3P. The minimum atomic E-state index is -1.12. The minimum absolute atomic E-state index is 1.12. The van der Waals surface area contributed by atoms with E-state index in [0.717, 1.165) is 0 Å². The summed E-state index contributed by atoms with van der Waals surface area (Å²) in [4.78, 5) is 0. The van der Waals surface area contributed by atoms with E-state index in [1.54, 1.807) is 0 Å². The summed E-state index contributed by atoms with van der Waals surface area (Å²) in [6, 6.07) is 0. The quantitative estimate of drug-likeness (QED) is 0.448. The van der Waals surface area contributed by atoms with Crippen LogP contribution in [0, 0.1) is 0 Å². The molecule has 0 aromatic rings. The van der Waals surface area contributed by atoms with E-state index >= 15 is 0 Å². The van der Waals surface area contributed by atoms with Gasteiger partial charge in [-0.1, -0.05) is 0 Å². The maximum absolute atomic E-state index is 4.73. The molecule has 0 atom stereocenters. The Kier molecular flexibility index (Phi) is 2120. The standard InChI is InChI=1S/6C2H4.H6N3P/c6*1-2;1-4(2)3/h6*1-2H2;1-3H2. The second-order valence-electron chi connectivity index (χ2n) is 0.447. The van der Waals surface area contributed by atoms with Crippen LogP contribution in [0.5, 0.6) is 0 Å². The fourth-order valence-corrected chi connectivity index (χ4v) is 0. The van der Waals surface area contributed by atoms with Crippen molar-refractivity contribution in [1.82, 2.24) is 0 Å². The fourth-order valence-electron chi connectivity index (χ4n) is 0. The van der Waals surface area contributed by atoms with Gasteiger partial charge in [-0.15, -0.1) is 78.9 Å². The molecule has 0 rings (SSSR count). The van der Waals surface area contributed by atoms with Crippen molar-refractivity contribution >= 4 is 8.37 Å². The zero-order chi connectivity index (χ0) is 15.6. The van der Waals surface area contributed by atoms with Gasteiger partial charge in [-0.3, -0.25) is 16.5 Å². The Bertz CT molecular complexity index is 53.0. The first kappa shape index (κ1) is 46.4. The smallest absolute Gasteiger partial charge is 0.103 e. The summed E-state index contributed by atoms with van der Waals surface area (Å²) in [5.41, 5.74) is 14.2. The first-order chi connectivity index (χ1) is 7.73. The van der Waals surface area contributed by atoms with Crippen LogP contribution in [0.4, 0.5) is 0 Å². The van der Waals surface area contributed by atoms with Gasteiger partial charge < -0.3 is 0 Å². The molecule has 98 valence electrons. The zero-order valence-corrected chi connectivity index (χ0v) is 11.6. The first-order valence-electron chi connectivity index (χ1n) is 3.77. The van der Waals surface area contributed by atoms with Crippen LogP contribution in [0.3, 0.4) is 0 Å². The molecule has 0 aromatic carbocycles. The van der Waals surface area contributed by atoms with E-state index < -0.39 is 8.37 Å². The molecule has 4 heteroatoms. The Morgan fingerprint density at radius 2 is 0.375 bits per heavy atom. The molecule has 0 spiro atoms. The largest absolute Gasteiger partial charge is 0.285 e. The van der Waals surface area contributed by atoms with Crippen LogP contribution in [0.2, 0.25) is 0 Å². The van der Waals surface area contributed by atoms with Gasteiger partial charge in [0.25, 0.3) is 0 Å². The van der Waals surface area contributed by atoms with Gasteiger partial charge in [-0.05, 0) is 0 Å². The van der Waals surface area contributed by atoms with Crippen LogP contribution in [-0.4, -0.2) is 0 Å². The first-order valence-corrected chi connectivity index (χ1v) is 5.32. The van der Waals surface area contributed by atoms with Gasteiger partial charge in [0.05, 0.1) is 0 Å². The second-order valence-corrected chi connectivity index (χ2v) is 1.34. The van der Waals surface area contributed by atoms with Crippen molar-refractivity contribution in [3.63, 3.8) is 0 Å². The van der Waals surface area contributed by atoms with Crippen molar-refractivity contribution in [2.75, 3.05) is 0 Å². The van der Waals surface area contributed by atoms with Crippen LogP contribution < -0.4 is 16.5 Å².